The molecule has 0 radical (unpaired) electrons. The molecule has 0 aromatic heterocycles. The highest BCUT2D eigenvalue weighted by atomic mass is 79.9. The minimum absolute atomic E-state index is 0.0447. The van der Waals surface area contributed by atoms with Crippen LogP contribution in [0.1, 0.15) is 31.8 Å². The molecule has 0 aliphatic heterocycles. The largest absolute Gasteiger partial charge is 0.496 e. The third kappa shape index (κ3) is 5.42. The Hall–Kier alpha value is -2.91. The minimum atomic E-state index is -5.29. The zero-order valence-corrected chi connectivity index (χ0v) is 21.0. The lowest BCUT2D eigenvalue weighted by molar-refractivity contribution is -0.143. The van der Waals surface area contributed by atoms with Gasteiger partial charge in [0.05, 0.1) is 37.7 Å². The first-order valence-electron chi connectivity index (χ1n) is 9.94. The number of ether oxygens (including phenoxy) is 2. The maximum Gasteiger partial charge on any atom is 0.417 e. The monoisotopic (exact) mass is 592 g/mol. The number of hydrogen-bond acceptors (Lipinski definition) is 4. The van der Waals surface area contributed by atoms with Gasteiger partial charge in [-0.3, -0.25) is 9.59 Å². The first-order chi connectivity index (χ1) is 16.8. The average molecular weight is 593 g/mol. The summed E-state index contributed by atoms with van der Waals surface area (Å²) in [6, 6.07) is 11.1. The first kappa shape index (κ1) is 27.7. The summed E-state index contributed by atoms with van der Waals surface area (Å²) in [6.07, 6.45) is -10.6. The van der Waals surface area contributed by atoms with Crippen LogP contribution in [0.4, 0.5) is 26.3 Å². The lowest BCUT2D eigenvalue weighted by Gasteiger charge is -2.23. The molecule has 4 nitrogen and oxygen atoms in total. The second kappa shape index (κ2) is 10.6. The molecule has 0 N–H and O–H groups in total. The van der Waals surface area contributed by atoms with E-state index in [0.717, 1.165) is 0 Å². The maximum absolute atomic E-state index is 13.9. The number of carbonyl (C=O) groups excluding carboxylic acids is 2. The molecule has 36 heavy (non-hydrogen) atoms. The minimum Gasteiger partial charge on any atom is -0.496 e. The predicted octanol–water partition coefficient (Wildman–Crippen LogP) is 7.29. The van der Waals surface area contributed by atoms with Crippen molar-refractivity contribution in [2.24, 2.45) is 0 Å². The Morgan fingerprint density at radius 2 is 1.25 bits per heavy atom. The predicted molar refractivity (Wildman–Crippen MR) is 125 cm³/mol. The number of halogens is 7. The van der Waals surface area contributed by atoms with E-state index in [0.29, 0.717) is 18.2 Å². The van der Waals surface area contributed by atoms with Gasteiger partial charge in [-0.2, -0.15) is 26.3 Å². The molecule has 0 aliphatic rings. The second-order valence-electron chi connectivity index (χ2n) is 7.16. The van der Waals surface area contributed by atoms with Crippen molar-refractivity contribution in [1.29, 1.82) is 0 Å². The Kier molecular flexibility index (Phi) is 8.15. The average Bonchev–Trinajstić information content (AvgIpc) is 2.82. The molecule has 0 spiro atoms. The Morgan fingerprint density at radius 1 is 0.722 bits per heavy atom. The van der Waals surface area contributed by atoms with Gasteiger partial charge in [-0.1, -0.05) is 36.4 Å². The summed E-state index contributed by atoms with van der Waals surface area (Å²) in [5.41, 5.74) is -8.13. The summed E-state index contributed by atoms with van der Waals surface area (Å²) < 4.78 is 93.6. The summed E-state index contributed by atoms with van der Waals surface area (Å²) >= 11 is 3.19. The van der Waals surface area contributed by atoms with Gasteiger partial charge in [-0.25, -0.2) is 0 Å². The van der Waals surface area contributed by atoms with Crippen LogP contribution >= 0.6 is 23.9 Å². The SMILES string of the molecule is COc1ccc(Br)c(OC)c1C(=O)P(C(=O)c1c(C(F)(F)F)cccc1C(F)(F)F)c1ccccc1. The summed E-state index contributed by atoms with van der Waals surface area (Å²) in [5, 5.41) is -0.0447. The van der Waals surface area contributed by atoms with E-state index < -0.39 is 48.0 Å². The third-order valence-electron chi connectivity index (χ3n) is 5.02. The standard InChI is InChI=1S/C24H16BrF6O4P/c1-34-17-12-11-16(25)20(35-2)19(17)22(33)36(13-7-4-3-5-8-13)21(32)18-14(23(26,27)28)9-6-10-15(18)24(29,30)31/h3-12H,1-2H3. The summed E-state index contributed by atoms with van der Waals surface area (Å²) in [5.74, 6) is -0.160. The van der Waals surface area contributed by atoms with E-state index in [2.05, 4.69) is 15.9 Å². The van der Waals surface area contributed by atoms with Gasteiger partial charge in [0.1, 0.15) is 17.1 Å². The quantitative estimate of drug-likeness (QED) is 0.213. The van der Waals surface area contributed by atoms with Gasteiger partial charge in [-0.05, 0) is 45.5 Å². The Labute approximate surface area is 211 Å². The molecule has 3 rings (SSSR count). The van der Waals surface area contributed by atoms with Crippen molar-refractivity contribution < 1.29 is 45.4 Å². The van der Waals surface area contributed by atoms with E-state index in [1.165, 1.54) is 56.7 Å². The fourth-order valence-corrected chi connectivity index (χ4v) is 6.01. The van der Waals surface area contributed by atoms with E-state index in [4.69, 9.17) is 9.47 Å². The lowest BCUT2D eigenvalue weighted by Crippen LogP contribution is -2.24. The smallest absolute Gasteiger partial charge is 0.417 e. The first-order valence-corrected chi connectivity index (χ1v) is 12.1. The number of alkyl halides is 6. The van der Waals surface area contributed by atoms with Gasteiger partial charge in [0.25, 0.3) is 0 Å². The van der Waals surface area contributed by atoms with Crippen molar-refractivity contribution in [3.63, 3.8) is 0 Å². The molecule has 12 heteroatoms. The van der Waals surface area contributed by atoms with Crippen molar-refractivity contribution in [2.45, 2.75) is 12.4 Å². The number of rotatable bonds is 7. The van der Waals surface area contributed by atoms with Crippen molar-refractivity contribution >= 4 is 40.2 Å². The highest BCUT2D eigenvalue weighted by Gasteiger charge is 2.46. The fraction of sp³-hybridized carbons (Fsp3) is 0.167. The normalized spacial score (nSPS) is 12.7. The zero-order chi connectivity index (χ0) is 26.8. The van der Waals surface area contributed by atoms with Crippen LogP contribution < -0.4 is 14.8 Å². The Balaban J connectivity index is 2.37. The van der Waals surface area contributed by atoms with E-state index in [-0.39, 0.29) is 26.8 Å². The molecule has 0 heterocycles. The molecule has 3 aromatic carbocycles. The number of hydrogen-bond donors (Lipinski definition) is 0. The number of benzene rings is 3. The van der Waals surface area contributed by atoms with Crippen molar-refractivity contribution in [1.82, 2.24) is 0 Å². The number of methoxy groups -OCH3 is 2. The van der Waals surface area contributed by atoms with Crippen molar-refractivity contribution in [3.8, 4) is 11.5 Å². The van der Waals surface area contributed by atoms with E-state index in [1.54, 1.807) is 0 Å². The van der Waals surface area contributed by atoms with Gasteiger partial charge in [-0.15, -0.1) is 0 Å². The van der Waals surface area contributed by atoms with Crippen LogP contribution in [-0.2, 0) is 12.4 Å². The van der Waals surface area contributed by atoms with Gasteiger partial charge < -0.3 is 9.47 Å². The van der Waals surface area contributed by atoms with Crippen LogP contribution in [0.5, 0.6) is 11.5 Å². The van der Waals surface area contributed by atoms with Gasteiger partial charge in [0, 0.05) is 5.56 Å². The van der Waals surface area contributed by atoms with Crippen LogP contribution in [0, 0.1) is 0 Å². The maximum atomic E-state index is 13.9. The summed E-state index contributed by atoms with van der Waals surface area (Å²) in [6.45, 7) is 0. The van der Waals surface area contributed by atoms with E-state index in [9.17, 15) is 35.9 Å². The molecule has 0 aliphatic carbocycles. The molecular formula is C24H16BrF6O4P. The van der Waals surface area contributed by atoms with Gasteiger partial charge in [0.15, 0.2) is 5.52 Å². The molecule has 0 saturated heterocycles. The molecule has 1 unspecified atom stereocenters. The lowest BCUT2D eigenvalue weighted by atomic mass is 10.0. The van der Waals surface area contributed by atoms with Gasteiger partial charge >= 0.3 is 12.4 Å². The topological polar surface area (TPSA) is 52.6 Å². The summed E-state index contributed by atoms with van der Waals surface area (Å²) in [7, 11) is -0.545. The highest BCUT2D eigenvalue weighted by Crippen LogP contribution is 2.51. The van der Waals surface area contributed by atoms with Crippen molar-refractivity contribution in [3.05, 3.63) is 87.4 Å². The molecule has 0 bridgehead atoms. The van der Waals surface area contributed by atoms with Crippen molar-refractivity contribution in [2.75, 3.05) is 14.2 Å². The Bertz CT molecular complexity index is 1260. The van der Waals surface area contributed by atoms with E-state index >= 15 is 0 Å². The molecule has 0 amide bonds. The molecule has 0 fully saturated rings. The van der Waals surface area contributed by atoms with Crippen LogP contribution in [0.25, 0.3) is 0 Å². The fourth-order valence-electron chi connectivity index (χ4n) is 3.49. The molecule has 190 valence electrons. The van der Waals surface area contributed by atoms with Crippen LogP contribution in [-0.4, -0.2) is 25.3 Å². The second-order valence-corrected chi connectivity index (χ2v) is 10.0. The Morgan fingerprint density at radius 3 is 1.72 bits per heavy atom. The molecule has 1 atom stereocenters. The highest BCUT2D eigenvalue weighted by molar-refractivity contribution is 9.10. The zero-order valence-electron chi connectivity index (χ0n) is 18.5. The van der Waals surface area contributed by atoms with Gasteiger partial charge in [0.2, 0.25) is 5.52 Å². The number of carbonyl (C=O) groups is 2. The van der Waals surface area contributed by atoms with Crippen LogP contribution in [0.2, 0.25) is 0 Å². The third-order valence-corrected chi connectivity index (χ3v) is 7.72. The molecule has 3 aromatic rings. The molecular weight excluding hydrogens is 577 g/mol. The summed E-state index contributed by atoms with van der Waals surface area (Å²) in [4.78, 5) is 27.6. The van der Waals surface area contributed by atoms with E-state index in [1.807, 2.05) is 0 Å². The molecule has 0 saturated carbocycles. The van der Waals surface area contributed by atoms with Crippen LogP contribution in [0.15, 0.2) is 65.1 Å². The van der Waals surface area contributed by atoms with Crippen LogP contribution in [0.3, 0.4) is 0 Å².